The van der Waals surface area contributed by atoms with Gasteiger partial charge < -0.3 is 10.4 Å². The molecule has 0 atom stereocenters. The first kappa shape index (κ1) is 12.2. The van der Waals surface area contributed by atoms with E-state index >= 15 is 0 Å². The molecular weight excluding hydrogens is 306 g/mol. The number of nitrogens with one attached hydrogen (secondary N) is 2. The third-order valence-corrected chi connectivity index (χ3v) is 2.67. The van der Waals surface area contributed by atoms with Crippen molar-refractivity contribution in [3.63, 3.8) is 0 Å². The smallest absolute Gasteiger partial charge is 0.335 e. The maximum absolute atomic E-state index is 11.6. The molecule has 0 radical (unpaired) electrons. The lowest BCUT2D eigenvalue weighted by Crippen LogP contribution is -2.14. The standard InChI is InChI=1S/C9H6BrN5O3/c10-5-3-4(9(17)18)1-2-6(5)11-8(16)7-12-14-15-13-7/h1-3H,(H,11,16)(H,17,18)(H,12,13,14,15). The Morgan fingerprint density at radius 3 is 2.72 bits per heavy atom. The zero-order valence-corrected chi connectivity index (χ0v) is 10.3. The van der Waals surface area contributed by atoms with Crippen LogP contribution in [0.25, 0.3) is 0 Å². The van der Waals surface area contributed by atoms with Crippen molar-refractivity contribution in [3.05, 3.63) is 34.1 Å². The van der Waals surface area contributed by atoms with Crippen LogP contribution >= 0.6 is 15.9 Å². The van der Waals surface area contributed by atoms with E-state index in [1.807, 2.05) is 0 Å². The van der Waals surface area contributed by atoms with Crippen molar-refractivity contribution >= 4 is 33.5 Å². The van der Waals surface area contributed by atoms with E-state index in [9.17, 15) is 9.59 Å². The van der Waals surface area contributed by atoms with Gasteiger partial charge in [-0.1, -0.05) is 0 Å². The van der Waals surface area contributed by atoms with Crippen LogP contribution in [-0.2, 0) is 0 Å². The summed E-state index contributed by atoms with van der Waals surface area (Å²) in [5, 5.41) is 23.8. The number of aromatic carboxylic acids is 1. The number of nitrogens with zero attached hydrogens (tertiary/aromatic N) is 3. The minimum absolute atomic E-state index is 0.107. The van der Waals surface area contributed by atoms with Crippen LogP contribution in [0.1, 0.15) is 21.0 Å². The van der Waals surface area contributed by atoms with Crippen LogP contribution in [-0.4, -0.2) is 37.6 Å². The van der Waals surface area contributed by atoms with Gasteiger partial charge in [0.2, 0.25) is 0 Å². The van der Waals surface area contributed by atoms with Gasteiger partial charge >= 0.3 is 5.97 Å². The number of carboxylic acids is 1. The van der Waals surface area contributed by atoms with Crippen LogP contribution in [0, 0.1) is 0 Å². The predicted molar refractivity (Wildman–Crippen MR) is 63.2 cm³/mol. The molecule has 9 heteroatoms. The van der Waals surface area contributed by atoms with Gasteiger partial charge in [-0.25, -0.2) is 4.79 Å². The molecule has 0 aliphatic carbocycles. The second-order valence-corrected chi connectivity index (χ2v) is 4.04. The summed E-state index contributed by atoms with van der Waals surface area (Å²) in [4.78, 5) is 22.3. The molecule has 1 amide bonds. The van der Waals surface area contributed by atoms with Gasteiger partial charge in [0.25, 0.3) is 11.7 Å². The fourth-order valence-corrected chi connectivity index (χ4v) is 1.66. The Hall–Kier alpha value is -2.29. The molecule has 0 aliphatic rings. The third-order valence-electron chi connectivity index (χ3n) is 2.01. The highest BCUT2D eigenvalue weighted by Crippen LogP contribution is 2.23. The second-order valence-electron chi connectivity index (χ2n) is 3.19. The molecule has 0 bridgehead atoms. The average molecular weight is 312 g/mol. The minimum Gasteiger partial charge on any atom is -0.478 e. The van der Waals surface area contributed by atoms with E-state index in [-0.39, 0.29) is 11.4 Å². The first-order valence-electron chi connectivity index (χ1n) is 4.65. The van der Waals surface area contributed by atoms with Crippen molar-refractivity contribution in [2.24, 2.45) is 0 Å². The highest BCUT2D eigenvalue weighted by molar-refractivity contribution is 9.10. The van der Waals surface area contributed by atoms with Crippen molar-refractivity contribution in [3.8, 4) is 0 Å². The largest absolute Gasteiger partial charge is 0.478 e. The van der Waals surface area contributed by atoms with Gasteiger partial charge in [-0.3, -0.25) is 4.79 Å². The van der Waals surface area contributed by atoms with E-state index in [0.717, 1.165) is 0 Å². The molecule has 0 saturated heterocycles. The van der Waals surface area contributed by atoms with E-state index < -0.39 is 11.9 Å². The Labute approximate surface area is 109 Å². The van der Waals surface area contributed by atoms with Gasteiger partial charge in [-0.15, -0.1) is 10.2 Å². The van der Waals surface area contributed by atoms with Gasteiger partial charge in [-0.05, 0) is 39.3 Å². The van der Waals surface area contributed by atoms with Gasteiger partial charge in [0.05, 0.1) is 11.3 Å². The third kappa shape index (κ3) is 2.51. The van der Waals surface area contributed by atoms with Crippen LogP contribution in [0.3, 0.4) is 0 Å². The average Bonchev–Trinajstić information content (AvgIpc) is 2.85. The minimum atomic E-state index is -1.05. The Morgan fingerprint density at radius 2 is 2.17 bits per heavy atom. The summed E-state index contributed by atoms with van der Waals surface area (Å²) in [5.41, 5.74) is 0.522. The number of halogens is 1. The summed E-state index contributed by atoms with van der Waals surface area (Å²) in [6.45, 7) is 0. The Morgan fingerprint density at radius 1 is 1.39 bits per heavy atom. The lowest BCUT2D eigenvalue weighted by molar-refractivity contribution is 0.0696. The lowest BCUT2D eigenvalue weighted by atomic mass is 10.2. The SMILES string of the molecule is O=C(O)c1ccc(NC(=O)c2nn[nH]n2)c(Br)c1. The topological polar surface area (TPSA) is 121 Å². The molecule has 0 fully saturated rings. The van der Waals surface area contributed by atoms with Crippen LogP contribution in [0.2, 0.25) is 0 Å². The molecule has 1 aromatic heterocycles. The monoisotopic (exact) mass is 311 g/mol. The van der Waals surface area contributed by atoms with Gasteiger partial charge in [0.1, 0.15) is 0 Å². The Bertz CT molecular complexity index is 598. The summed E-state index contributed by atoms with van der Waals surface area (Å²) < 4.78 is 0.444. The number of hydrogen-bond acceptors (Lipinski definition) is 5. The van der Waals surface area contributed by atoms with Crippen molar-refractivity contribution in [1.82, 2.24) is 20.6 Å². The van der Waals surface area contributed by atoms with Crippen LogP contribution in [0.5, 0.6) is 0 Å². The number of amides is 1. The van der Waals surface area contributed by atoms with Crippen molar-refractivity contribution < 1.29 is 14.7 Å². The van der Waals surface area contributed by atoms with Crippen LogP contribution in [0.15, 0.2) is 22.7 Å². The molecule has 1 heterocycles. The van der Waals surface area contributed by atoms with E-state index in [1.165, 1.54) is 18.2 Å². The van der Waals surface area contributed by atoms with E-state index in [4.69, 9.17) is 5.11 Å². The van der Waals surface area contributed by atoms with E-state index in [2.05, 4.69) is 41.9 Å². The number of aromatic amines is 1. The summed E-state index contributed by atoms with van der Waals surface area (Å²) >= 11 is 3.16. The fourth-order valence-electron chi connectivity index (χ4n) is 1.19. The Balaban J connectivity index is 2.20. The van der Waals surface area contributed by atoms with Crippen molar-refractivity contribution in [2.75, 3.05) is 5.32 Å². The first-order chi connectivity index (χ1) is 8.58. The number of aromatic nitrogens is 4. The molecule has 92 valence electrons. The molecule has 3 N–H and O–H groups in total. The highest BCUT2D eigenvalue weighted by Gasteiger charge is 2.13. The zero-order chi connectivity index (χ0) is 13.1. The predicted octanol–water partition coefficient (Wildman–Crippen LogP) is 0.913. The number of carboxylic acid groups (broad SMARTS) is 1. The zero-order valence-electron chi connectivity index (χ0n) is 8.72. The Kier molecular flexibility index (Phi) is 3.33. The quantitative estimate of drug-likeness (QED) is 0.774. The molecule has 18 heavy (non-hydrogen) atoms. The summed E-state index contributed by atoms with van der Waals surface area (Å²) in [6.07, 6.45) is 0. The fraction of sp³-hybridized carbons (Fsp3) is 0. The highest BCUT2D eigenvalue weighted by atomic mass is 79.9. The number of anilines is 1. The number of rotatable bonds is 3. The van der Waals surface area contributed by atoms with Crippen molar-refractivity contribution in [1.29, 1.82) is 0 Å². The number of benzene rings is 1. The maximum atomic E-state index is 11.6. The molecule has 0 saturated carbocycles. The molecule has 0 aliphatic heterocycles. The van der Waals surface area contributed by atoms with E-state index in [0.29, 0.717) is 10.2 Å². The number of hydrogen-bond donors (Lipinski definition) is 3. The number of tetrazole rings is 1. The molecule has 1 aromatic carbocycles. The van der Waals surface area contributed by atoms with Crippen LogP contribution < -0.4 is 5.32 Å². The molecule has 0 spiro atoms. The molecule has 8 nitrogen and oxygen atoms in total. The van der Waals surface area contributed by atoms with E-state index in [1.54, 1.807) is 0 Å². The molecule has 2 rings (SSSR count). The summed E-state index contributed by atoms with van der Waals surface area (Å²) in [7, 11) is 0. The molecular formula is C9H6BrN5O3. The van der Waals surface area contributed by atoms with Gasteiger partial charge in [0, 0.05) is 4.47 Å². The lowest BCUT2D eigenvalue weighted by Gasteiger charge is -2.05. The second kappa shape index (κ2) is 4.92. The molecule has 0 unspecified atom stereocenters. The number of carbonyl (C=O) groups excluding carboxylic acids is 1. The normalized spacial score (nSPS) is 10.1. The maximum Gasteiger partial charge on any atom is 0.335 e. The number of H-pyrrole nitrogens is 1. The summed E-state index contributed by atoms with van der Waals surface area (Å²) in [6, 6.07) is 4.22. The van der Waals surface area contributed by atoms with Gasteiger partial charge in [0.15, 0.2) is 0 Å². The van der Waals surface area contributed by atoms with Gasteiger partial charge in [-0.2, -0.15) is 5.21 Å². The molecule has 2 aromatic rings. The number of carbonyl (C=O) groups is 2. The van der Waals surface area contributed by atoms with Crippen LogP contribution in [0.4, 0.5) is 5.69 Å². The first-order valence-corrected chi connectivity index (χ1v) is 5.45. The van der Waals surface area contributed by atoms with Crippen molar-refractivity contribution in [2.45, 2.75) is 0 Å². The summed E-state index contributed by atoms with van der Waals surface area (Å²) in [5.74, 6) is -1.71.